The van der Waals surface area contributed by atoms with Crippen molar-refractivity contribution in [3.63, 3.8) is 0 Å². The van der Waals surface area contributed by atoms with E-state index in [9.17, 15) is 4.79 Å². The molecule has 0 radical (unpaired) electrons. The molecule has 2 aliphatic heterocycles. The summed E-state index contributed by atoms with van der Waals surface area (Å²) < 4.78 is 0. The minimum atomic E-state index is 0.203. The first-order chi connectivity index (χ1) is 10.7. The Balaban J connectivity index is 1.41. The van der Waals surface area contributed by atoms with E-state index in [1.54, 1.807) is 0 Å². The van der Waals surface area contributed by atoms with Gasteiger partial charge in [0.25, 0.3) is 0 Å². The molecule has 4 rings (SSSR count). The van der Waals surface area contributed by atoms with E-state index in [-0.39, 0.29) is 5.92 Å². The standard InChI is InChI=1S/C18H23ClN2O/c19-14-6-4-13(5-7-14)16-11-17(16)18(22)21-10-2-9-20-8-1-3-15(20)12-21/h4-7,15-17H,1-3,8-12H2/t15-,16-,17+/m0/s1. The highest BCUT2D eigenvalue weighted by atomic mass is 35.5. The molecule has 0 spiro atoms. The number of fused-ring (bicyclic) bond motifs is 1. The molecule has 3 atom stereocenters. The van der Waals surface area contributed by atoms with Gasteiger partial charge in [0.2, 0.25) is 5.91 Å². The maximum atomic E-state index is 12.8. The van der Waals surface area contributed by atoms with Gasteiger partial charge in [-0.15, -0.1) is 0 Å². The predicted octanol–water partition coefficient (Wildman–Crippen LogP) is 3.14. The summed E-state index contributed by atoms with van der Waals surface area (Å²) in [6.07, 6.45) is 4.69. The van der Waals surface area contributed by atoms with Gasteiger partial charge in [0.15, 0.2) is 0 Å². The number of halogens is 1. The molecule has 2 saturated heterocycles. The summed E-state index contributed by atoms with van der Waals surface area (Å²) in [6.45, 7) is 4.28. The van der Waals surface area contributed by atoms with Crippen molar-refractivity contribution >= 4 is 17.5 Å². The molecule has 118 valence electrons. The number of hydrogen-bond donors (Lipinski definition) is 0. The Hall–Kier alpha value is -1.06. The maximum Gasteiger partial charge on any atom is 0.226 e. The second kappa shape index (κ2) is 5.86. The molecule has 0 unspecified atom stereocenters. The van der Waals surface area contributed by atoms with E-state index < -0.39 is 0 Å². The van der Waals surface area contributed by atoms with Gasteiger partial charge in [0.05, 0.1) is 0 Å². The van der Waals surface area contributed by atoms with Gasteiger partial charge in [-0.05, 0) is 55.8 Å². The molecule has 3 aliphatic rings. The van der Waals surface area contributed by atoms with Crippen LogP contribution in [0.5, 0.6) is 0 Å². The molecule has 1 aromatic rings. The van der Waals surface area contributed by atoms with Crippen molar-refractivity contribution in [1.82, 2.24) is 9.80 Å². The minimum absolute atomic E-state index is 0.203. The van der Waals surface area contributed by atoms with Crippen molar-refractivity contribution in [2.45, 2.75) is 37.6 Å². The quantitative estimate of drug-likeness (QED) is 0.836. The fraction of sp³-hybridized carbons (Fsp3) is 0.611. The largest absolute Gasteiger partial charge is 0.341 e. The van der Waals surface area contributed by atoms with Crippen molar-refractivity contribution in [2.24, 2.45) is 5.92 Å². The van der Waals surface area contributed by atoms with Crippen LogP contribution in [-0.2, 0) is 4.79 Å². The summed E-state index contributed by atoms with van der Waals surface area (Å²) in [4.78, 5) is 17.6. The summed E-state index contributed by atoms with van der Waals surface area (Å²) in [7, 11) is 0. The molecule has 3 fully saturated rings. The van der Waals surface area contributed by atoms with Crippen LogP contribution in [0.1, 0.15) is 37.2 Å². The van der Waals surface area contributed by atoms with E-state index in [4.69, 9.17) is 11.6 Å². The van der Waals surface area contributed by atoms with E-state index in [2.05, 4.69) is 21.9 Å². The zero-order chi connectivity index (χ0) is 15.1. The summed E-state index contributed by atoms with van der Waals surface area (Å²) in [5, 5.41) is 0.765. The first-order valence-electron chi connectivity index (χ1n) is 8.50. The second-order valence-corrected chi connectivity index (χ2v) is 7.41. The zero-order valence-corrected chi connectivity index (χ0v) is 13.6. The van der Waals surface area contributed by atoms with E-state index in [0.717, 1.165) is 31.0 Å². The fourth-order valence-electron chi connectivity index (χ4n) is 4.19. The number of benzene rings is 1. The Bertz CT molecular complexity index is 559. The van der Waals surface area contributed by atoms with Crippen LogP contribution in [0, 0.1) is 5.92 Å². The van der Waals surface area contributed by atoms with Crippen LogP contribution in [0.25, 0.3) is 0 Å². The van der Waals surface area contributed by atoms with E-state index in [1.807, 2.05) is 12.1 Å². The fourth-order valence-corrected chi connectivity index (χ4v) is 4.31. The summed E-state index contributed by atoms with van der Waals surface area (Å²) in [6, 6.07) is 8.61. The summed E-state index contributed by atoms with van der Waals surface area (Å²) >= 11 is 5.95. The Morgan fingerprint density at radius 3 is 2.68 bits per heavy atom. The van der Waals surface area contributed by atoms with Crippen molar-refractivity contribution in [2.75, 3.05) is 26.2 Å². The topological polar surface area (TPSA) is 23.6 Å². The highest BCUT2D eigenvalue weighted by molar-refractivity contribution is 6.30. The van der Waals surface area contributed by atoms with Crippen LogP contribution >= 0.6 is 11.6 Å². The molecular weight excluding hydrogens is 296 g/mol. The Kier molecular flexibility index (Phi) is 3.87. The van der Waals surface area contributed by atoms with Crippen LogP contribution in [0.3, 0.4) is 0 Å². The third kappa shape index (κ3) is 2.77. The molecule has 2 heterocycles. The average Bonchev–Trinajstić information content (AvgIpc) is 3.25. The lowest BCUT2D eigenvalue weighted by atomic mass is 10.1. The van der Waals surface area contributed by atoms with Gasteiger partial charge in [-0.2, -0.15) is 0 Å². The van der Waals surface area contributed by atoms with Crippen molar-refractivity contribution in [1.29, 1.82) is 0 Å². The van der Waals surface area contributed by atoms with E-state index in [0.29, 0.717) is 17.9 Å². The smallest absolute Gasteiger partial charge is 0.226 e. The van der Waals surface area contributed by atoms with E-state index in [1.165, 1.54) is 31.5 Å². The second-order valence-electron chi connectivity index (χ2n) is 6.97. The lowest BCUT2D eigenvalue weighted by molar-refractivity contribution is -0.132. The third-order valence-electron chi connectivity index (χ3n) is 5.52. The number of nitrogens with zero attached hydrogens (tertiary/aromatic N) is 2. The van der Waals surface area contributed by atoms with Crippen molar-refractivity contribution in [3.8, 4) is 0 Å². The molecule has 1 aromatic carbocycles. The third-order valence-corrected chi connectivity index (χ3v) is 5.77. The van der Waals surface area contributed by atoms with Gasteiger partial charge < -0.3 is 4.90 Å². The normalized spacial score (nSPS) is 31.7. The number of carbonyl (C=O) groups excluding carboxylic acids is 1. The molecule has 4 heteroatoms. The molecule has 22 heavy (non-hydrogen) atoms. The molecule has 0 aromatic heterocycles. The van der Waals surface area contributed by atoms with Crippen molar-refractivity contribution < 1.29 is 4.79 Å². The number of carbonyl (C=O) groups is 1. The predicted molar refractivity (Wildman–Crippen MR) is 88.1 cm³/mol. The molecular formula is C18H23ClN2O. The maximum absolute atomic E-state index is 12.8. The molecule has 1 amide bonds. The van der Waals surface area contributed by atoms with Gasteiger partial charge >= 0.3 is 0 Å². The SMILES string of the molecule is O=C([C@@H]1C[C@H]1c1ccc(Cl)cc1)N1CCCN2CCC[C@H]2C1. The minimum Gasteiger partial charge on any atom is -0.341 e. The molecule has 0 N–H and O–H groups in total. The molecule has 0 bridgehead atoms. The van der Waals surface area contributed by atoms with Crippen molar-refractivity contribution in [3.05, 3.63) is 34.9 Å². The van der Waals surface area contributed by atoms with Crippen LogP contribution < -0.4 is 0 Å². The summed E-state index contributed by atoms with van der Waals surface area (Å²) in [5.74, 6) is 0.996. The summed E-state index contributed by atoms with van der Waals surface area (Å²) in [5.41, 5.74) is 1.26. The Morgan fingerprint density at radius 2 is 1.86 bits per heavy atom. The van der Waals surface area contributed by atoms with Crippen LogP contribution in [0.4, 0.5) is 0 Å². The average molecular weight is 319 g/mol. The van der Waals surface area contributed by atoms with Crippen LogP contribution in [0.15, 0.2) is 24.3 Å². The molecule has 1 aliphatic carbocycles. The highest BCUT2D eigenvalue weighted by Gasteiger charge is 2.46. The van der Waals surface area contributed by atoms with Gasteiger partial charge in [-0.1, -0.05) is 23.7 Å². The highest BCUT2D eigenvalue weighted by Crippen LogP contribution is 2.48. The first-order valence-corrected chi connectivity index (χ1v) is 8.88. The van der Waals surface area contributed by atoms with Gasteiger partial charge in [-0.25, -0.2) is 0 Å². The lowest BCUT2D eigenvalue weighted by Gasteiger charge is -2.26. The monoisotopic (exact) mass is 318 g/mol. The number of rotatable bonds is 2. The molecule has 3 nitrogen and oxygen atoms in total. The number of hydrogen-bond acceptors (Lipinski definition) is 2. The molecule has 1 saturated carbocycles. The van der Waals surface area contributed by atoms with Crippen LogP contribution in [-0.4, -0.2) is 47.9 Å². The van der Waals surface area contributed by atoms with Gasteiger partial charge in [0, 0.05) is 36.6 Å². The number of amides is 1. The van der Waals surface area contributed by atoms with Gasteiger partial charge in [0.1, 0.15) is 0 Å². The Labute approximate surface area is 137 Å². The van der Waals surface area contributed by atoms with E-state index >= 15 is 0 Å². The zero-order valence-electron chi connectivity index (χ0n) is 12.9. The first kappa shape index (κ1) is 14.5. The lowest BCUT2D eigenvalue weighted by Crippen LogP contribution is -2.40. The Morgan fingerprint density at radius 1 is 1.09 bits per heavy atom. The van der Waals surface area contributed by atoms with Crippen LogP contribution in [0.2, 0.25) is 5.02 Å². The van der Waals surface area contributed by atoms with Gasteiger partial charge in [-0.3, -0.25) is 9.69 Å².